The maximum absolute atomic E-state index is 6.00. The zero-order chi connectivity index (χ0) is 20.7. The lowest BCUT2D eigenvalue weighted by atomic mass is 10.2. The van der Waals surface area contributed by atoms with Crippen molar-refractivity contribution in [1.29, 1.82) is 0 Å². The molecule has 0 spiro atoms. The Labute approximate surface area is 188 Å². The fraction of sp³-hybridized carbons (Fsp3) is 0.600. The van der Waals surface area contributed by atoms with Gasteiger partial charge in [0.2, 0.25) is 0 Å². The fourth-order valence-corrected chi connectivity index (χ4v) is 7.99. The molecule has 12 heteroatoms. The van der Waals surface area contributed by atoms with Gasteiger partial charge in [0.25, 0.3) is 0 Å². The van der Waals surface area contributed by atoms with Gasteiger partial charge in [0.15, 0.2) is 0 Å². The summed E-state index contributed by atoms with van der Waals surface area (Å²) in [7, 11) is 0. The van der Waals surface area contributed by atoms with Crippen molar-refractivity contribution >= 4 is 68.9 Å². The van der Waals surface area contributed by atoms with Gasteiger partial charge in [0.05, 0.1) is 35.4 Å². The van der Waals surface area contributed by atoms with Crippen LogP contribution in [0.25, 0.3) is 0 Å². The van der Waals surface area contributed by atoms with E-state index >= 15 is 0 Å². The average molecular weight is 586 g/mol. The Bertz CT molecular complexity index is 658. The second kappa shape index (κ2) is 11.9. The Kier molecular flexibility index (Phi) is 11.5. The molecule has 0 radical (unpaired) electrons. The molecule has 6 nitrogen and oxygen atoms in total. The summed E-state index contributed by atoms with van der Waals surface area (Å²) in [5.74, 6) is 0.931. The third kappa shape index (κ3) is 7.59. The molecular weight excluding hydrogens is 562 g/mol. The van der Waals surface area contributed by atoms with E-state index in [1.807, 2.05) is 34.6 Å². The first-order valence-electron chi connectivity index (χ1n) is 8.31. The molecular formula is C15H24Br2O6P2S2. The summed E-state index contributed by atoms with van der Waals surface area (Å²) in [5, 5.41) is 0. The number of halogens is 2. The number of hydrogen-bond acceptors (Lipinski definition) is 8. The van der Waals surface area contributed by atoms with Crippen LogP contribution in [0.2, 0.25) is 0 Å². The normalized spacial score (nSPS) is 12.3. The van der Waals surface area contributed by atoms with Crippen LogP contribution >= 0.6 is 45.3 Å². The Morgan fingerprint density at radius 1 is 0.741 bits per heavy atom. The van der Waals surface area contributed by atoms with Crippen molar-refractivity contribution in [3.63, 3.8) is 0 Å². The van der Waals surface area contributed by atoms with Crippen LogP contribution in [-0.4, -0.2) is 26.4 Å². The smallest absolute Gasteiger partial charge is 0.380 e. The number of rotatable bonds is 12. The summed E-state index contributed by atoms with van der Waals surface area (Å²) in [5.41, 5.74) is 0.665. The molecule has 0 aliphatic carbocycles. The third-order valence-corrected chi connectivity index (χ3v) is 8.92. The molecule has 0 atom stereocenters. The van der Waals surface area contributed by atoms with Gasteiger partial charge in [-0.15, -0.1) is 0 Å². The van der Waals surface area contributed by atoms with Gasteiger partial charge >= 0.3 is 13.4 Å². The van der Waals surface area contributed by atoms with Crippen LogP contribution in [0.5, 0.6) is 11.5 Å². The SMILES string of the molecule is CCOP(=S)(OCC)Oc1c(Br)cc(Br)c(OP(=S)(OCC)OCC)c1C. The molecule has 27 heavy (non-hydrogen) atoms. The molecule has 0 bridgehead atoms. The molecule has 0 unspecified atom stereocenters. The summed E-state index contributed by atoms with van der Waals surface area (Å²) in [4.78, 5) is 0. The molecule has 0 saturated heterocycles. The highest BCUT2D eigenvalue weighted by Crippen LogP contribution is 2.57. The Morgan fingerprint density at radius 2 is 1.04 bits per heavy atom. The molecule has 1 aromatic carbocycles. The van der Waals surface area contributed by atoms with Crippen LogP contribution in [0.4, 0.5) is 0 Å². The van der Waals surface area contributed by atoms with Crippen molar-refractivity contribution in [1.82, 2.24) is 0 Å². The fourth-order valence-electron chi connectivity index (χ4n) is 1.96. The van der Waals surface area contributed by atoms with Crippen LogP contribution < -0.4 is 9.05 Å². The highest BCUT2D eigenvalue weighted by Gasteiger charge is 2.29. The highest BCUT2D eigenvalue weighted by atomic mass is 79.9. The van der Waals surface area contributed by atoms with Gasteiger partial charge in [0, 0.05) is 29.2 Å². The van der Waals surface area contributed by atoms with Crippen molar-refractivity contribution in [3.05, 3.63) is 20.6 Å². The maximum Gasteiger partial charge on any atom is 0.380 e. The molecule has 0 fully saturated rings. The van der Waals surface area contributed by atoms with Crippen molar-refractivity contribution in [2.45, 2.75) is 34.6 Å². The van der Waals surface area contributed by atoms with Gasteiger partial charge in [-0.05, 0) is 72.5 Å². The summed E-state index contributed by atoms with van der Waals surface area (Å²) < 4.78 is 35.7. The summed E-state index contributed by atoms with van der Waals surface area (Å²) >= 11 is 18.0. The summed E-state index contributed by atoms with van der Waals surface area (Å²) in [6.07, 6.45) is 0. The number of hydrogen-bond donors (Lipinski definition) is 0. The largest absolute Gasteiger partial charge is 0.422 e. The predicted octanol–water partition coefficient (Wildman–Crippen LogP) is 6.87. The van der Waals surface area contributed by atoms with E-state index in [0.29, 0.717) is 52.4 Å². The van der Waals surface area contributed by atoms with E-state index in [2.05, 4.69) is 31.9 Å². The first-order valence-corrected chi connectivity index (χ1v) is 15.0. The minimum Gasteiger partial charge on any atom is -0.422 e. The summed E-state index contributed by atoms with van der Waals surface area (Å²) in [6.45, 7) is 4.77. The molecule has 0 heterocycles. The topological polar surface area (TPSA) is 55.4 Å². The lowest BCUT2D eigenvalue weighted by molar-refractivity contribution is 0.215. The summed E-state index contributed by atoms with van der Waals surface area (Å²) in [6, 6.07) is 1.78. The predicted molar refractivity (Wildman–Crippen MR) is 123 cm³/mol. The minimum absolute atomic E-state index is 0.378. The van der Waals surface area contributed by atoms with E-state index in [-0.39, 0.29) is 0 Å². The second-order valence-electron chi connectivity index (χ2n) is 4.87. The molecule has 0 amide bonds. The van der Waals surface area contributed by atoms with Crippen LogP contribution in [-0.2, 0) is 41.7 Å². The van der Waals surface area contributed by atoms with E-state index in [9.17, 15) is 0 Å². The lowest BCUT2D eigenvalue weighted by Gasteiger charge is -2.26. The molecule has 1 rings (SSSR count). The van der Waals surface area contributed by atoms with E-state index in [1.165, 1.54) is 0 Å². The van der Waals surface area contributed by atoms with Gasteiger partial charge in [-0.1, -0.05) is 0 Å². The third-order valence-electron chi connectivity index (χ3n) is 2.92. The van der Waals surface area contributed by atoms with Crippen molar-refractivity contribution in [2.24, 2.45) is 0 Å². The monoisotopic (exact) mass is 584 g/mol. The van der Waals surface area contributed by atoms with Crippen LogP contribution in [0.3, 0.4) is 0 Å². The van der Waals surface area contributed by atoms with Gasteiger partial charge in [-0.25, -0.2) is 0 Å². The zero-order valence-electron chi connectivity index (χ0n) is 15.8. The van der Waals surface area contributed by atoms with E-state index in [1.54, 1.807) is 6.07 Å². The van der Waals surface area contributed by atoms with Gasteiger partial charge in [-0.2, -0.15) is 0 Å². The molecule has 0 aromatic heterocycles. The van der Waals surface area contributed by atoms with Crippen molar-refractivity contribution < 1.29 is 27.1 Å². The minimum atomic E-state index is -2.95. The molecule has 0 aliphatic rings. The average Bonchev–Trinajstić information content (AvgIpc) is 2.56. The number of benzene rings is 1. The molecule has 0 aliphatic heterocycles. The Balaban J connectivity index is 3.36. The molecule has 156 valence electrons. The van der Waals surface area contributed by atoms with Gasteiger partial charge in [-0.3, -0.25) is 18.1 Å². The van der Waals surface area contributed by atoms with Crippen LogP contribution in [0.15, 0.2) is 15.0 Å². The van der Waals surface area contributed by atoms with E-state index < -0.39 is 13.4 Å². The second-order valence-corrected chi connectivity index (χ2v) is 12.5. The Hall–Kier alpha value is 0.920. The molecule has 1 aromatic rings. The first kappa shape index (κ1) is 26.0. The van der Waals surface area contributed by atoms with Gasteiger partial charge in [0.1, 0.15) is 11.5 Å². The quantitative estimate of drug-likeness (QED) is 0.246. The standard InChI is InChI=1S/C15H24Br2O6P2S2/c1-6-18-24(26,19-7-2)22-14-11(5)15(13(17)10-12(14)16)23-25(27,20-8-3)21-9-4/h10H,6-9H2,1-5H3. The lowest BCUT2D eigenvalue weighted by Crippen LogP contribution is -2.06. The molecule has 0 N–H and O–H groups in total. The maximum atomic E-state index is 6.00. The zero-order valence-corrected chi connectivity index (χ0v) is 22.4. The highest BCUT2D eigenvalue weighted by molar-refractivity contribution is 9.11. The Morgan fingerprint density at radius 3 is 1.30 bits per heavy atom. The van der Waals surface area contributed by atoms with Crippen molar-refractivity contribution in [3.8, 4) is 11.5 Å². The first-order chi connectivity index (χ1) is 12.6. The van der Waals surface area contributed by atoms with Crippen LogP contribution in [0.1, 0.15) is 33.3 Å². The van der Waals surface area contributed by atoms with E-state index in [4.69, 9.17) is 50.8 Å². The van der Waals surface area contributed by atoms with Crippen molar-refractivity contribution in [2.75, 3.05) is 26.4 Å². The van der Waals surface area contributed by atoms with Crippen LogP contribution in [0, 0.1) is 6.92 Å². The van der Waals surface area contributed by atoms with E-state index in [0.717, 1.165) is 0 Å². The molecule has 0 saturated carbocycles. The van der Waals surface area contributed by atoms with Gasteiger partial charge < -0.3 is 9.05 Å².